The Hall–Kier alpha value is -1.56. The van der Waals surface area contributed by atoms with E-state index in [1.807, 2.05) is 0 Å². The zero-order valence-corrected chi connectivity index (χ0v) is 9.38. The summed E-state index contributed by atoms with van der Waals surface area (Å²) in [7, 11) is 1.29. The van der Waals surface area contributed by atoms with E-state index >= 15 is 0 Å². The lowest BCUT2D eigenvalue weighted by Crippen LogP contribution is -2.34. The molecular formula is C11H12F3NO2. The van der Waals surface area contributed by atoms with E-state index in [0.29, 0.717) is 12.1 Å². The number of halogens is 3. The van der Waals surface area contributed by atoms with Crippen molar-refractivity contribution in [3.63, 3.8) is 0 Å². The number of hydrogen-bond acceptors (Lipinski definition) is 2. The highest BCUT2D eigenvalue weighted by molar-refractivity contribution is 5.94. The molecular weight excluding hydrogens is 235 g/mol. The molecule has 1 unspecified atom stereocenters. The highest BCUT2D eigenvalue weighted by Crippen LogP contribution is 2.16. The van der Waals surface area contributed by atoms with Gasteiger partial charge >= 0.3 is 0 Å². The van der Waals surface area contributed by atoms with Crippen molar-refractivity contribution in [1.29, 1.82) is 0 Å². The van der Waals surface area contributed by atoms with Crippen LogP contribution in [-0.4, -0.2) is 35.6 Å². The van der Waals surface area contributed by atoms with Crippen LogP contribution in [0.3, 0.4) is 0 Å². The monoisotopic (exact) mass is 247 g/mol. The Morgan fingerprint density at radius 3 is 2.24 bits per heavy atom. The number of benzene rings is 1. The zero-order valence-electron chi connectivity index (χ0n) is 9.38. The zero-order chi connectivity index (χ0) is 13.2. The third kappa shape index (κ3) is 3.20. The summed E-state index contributed by atoms with van der Waals surface area (Å²) in [6, 6.07) is 0.874. The molecule has 0 spiro atoms. The van der Waals surface area contributed by atoms with Crippen molar-refractivity contribution < 1.29 is 23.1 Å². The molecule has 0 aliphatic carbocycles. The fraction of sp³-hybridized carbons (Fsp3) is 0.364. The average Bonchev–Trinajstić information content (AvgIpc) is 2.14. The van der Waals surface area contributed by atoms with Gasteiger partial charge in [-0.3, -0.25) is 4.79 Å². The minimum absolute atomic E-state index is 0.0743. The van der Waals surface area contributed by atoms with E-state index in [1.165, 1.54) is 14.0 Å². The lowest BCUT2D eigenvalue weighted by Gasteiger charge is -2.19. The SMILES string of the molecule is CC(O)CN(C)C(=O)c1c(F)cc(F)cc1F. The maximum atomic E-state index is 13.3. The van der Waals surface area contributed by atoms with Gasteiger partial charge in [0.2, 0.25) is 0 Å². The number of rotatable bonds is 3. The maximum Gasteiger partial charge on any atom is 0.259 e. The molecule has 17 heavy (non-hydrogen) atoms. The van der Waals surface area contributed by atoms with Crippen LogP contribution < -0.4 is 0 Å². The Morgan fingerprint density at radius 1 is 1.35 bits per heavy atom. The van der Waals surface area contributed by atoms with E-state index in [2.05, 4.69) is 0 Å². The Kier molecular flexibility index (Phi) is 4.11. The number of amides is 1. The van der Waals surface area contributed by atoms with E-state index in [-0.39, 0.29) is 6.54 Å². The number of hydrogen-bond donors (Lipinski definition) is 1. The Balaban J connectivity index is 3.04. The van der Waals surface area contributed by atoms with Gasteiger partial charge in [-0.05, 0) is 6.92 Å². The van der Waals surface area contributed by atoms with Crippen LogP contribution in [0.5, 0.6) is 0 Å². The first-order chi connectivity index (χ1) is 7.82. The summed E-state index contributed by atoms with van der Waals surface area (Å²) in [6.07, 6.45) is -0.824. The van der Waals surface area contributed by atoms with Gasteiger partial charge in [0.25, 0.3) is 5.91 Å². The molecule has 1 rings (SSSR count). The first-order valence-corrected chi connectivity index (χ1v) is 4.91. The molecule has 0 bridgehead atoms. The molecule has 0 radical (unpaired) electrons. The molecule has 0 heterocycles. The Labute approximate surface area is 96.5 Å². The van der Waals surface area contributed by atoms with Crippen LogP contribution in [0, 0.1) is 17.5 Å². The smallest absolute Gasteiger partial charge is 0.259 e. The first kappa shape index (κ1) is 13.5. The van der Waals surface area contributed by atoms with Crippen LogP contribution in [0.4, 0.5) is 13.2 Å². The van der Waals surface area contributed by atoms with Gasteiger partial charge in [-0.15, -0.1) is 0 Å². The number of carbonyl (C=O) groups excluding carboxylic acids is 1. The molecule has 0 fully saturated rings. The molecule has 1 aromatic rings. The standard InChI is InChI=1S/C11H12F3NO2/c1-6(16)5-15(2)11(17)10-8(13)3-7(12)4-9(10)14/h3-4,6,16H,5H2,1-2H3. The van der Waals surface area contributed by atoms with E-state index in [0.717, 1.165) is 4.90 Å². The second-order valence-corrected chi connectivity index (χ2v) is 3.78. The molecule has 1 amide bonds. The number of carbonyl (C=O) groups is 1. The van der Waals surface area contributed by atoms with Crippen LogP contribution in [0.2, 0.25) is 0 Å². The molecule has 0 aliphatic rings. The molecule has 3 nitrogen and oxygen atoms in total. The van der Waals surface area contributed by atoms with Gasteiger partial charge in [0.05, 0.1) is 6.10 Å². The lowest BCUT2D eigenvalue weighted by atomic mass is 10.1. The number of nitrogens with zero attached hydrogens (tertiary/aromatic N) is 1. The summed E-state index contributed by atoms with van der Waals surface area (Å²) in [5.74, 6) is -4.55. The topological polar surface area (TPSA) is 40.5 Å². The molecule has 1 atom stereocenters. The van der Waals surface area contributed by atoms with E-state index in [1.54, 1.807) is 0 Å². The fourth-order valence-corrected chi connectivity index (χ4v) is 1.42. The maximum absolute atomic E-state index is 13.3. The molecule has 1 aromatic carbocycles. The van der Waals surface area contributed by atoms with Gasteiger partial charge in [-0.2, -0.15) is 0 Å². The van der Waals surface area contributed by atoms with Crippen molar-refractivity contribution in [3.05, 3.63) is 35.1 Å². The van der Waals surface area contributed by atoms with Crippen LogP contribution in [0.15, 0.2) is 12.1 Å². The predicted octanol–water partition coefficient (Wildman–Crippen LogP) is 1.56. The second-order valence-electron chi connectivity index (χ2n) is 3.78. The molecule has 6 heteroatoms. The van der Waals surface area contributed by atoms with Crippen LogP contribution in [0.25, 0.3) is 0 Å². The lowest BCUT2D eigenvalue weighted by molar-refractivity contribution is 0.0694. The van der Waals surface area contributed by atoms with Crippen molar-refractivity contribution >= 4 is 5.91 Å². The highest BCUT2D eigenvalue weighted by Gasteiger charge is 2.22. The predicted molar refractivity (Wildman–Crippen MR) is 55.0 cm³/mol. The van der Waals surface area contributed by atoms with Gasteiger partial charge in [-0.25, -0.2) is 13.2 Å². The average molecular weight is 247 g/mol. The molecule has 0 aromatic heterocycles. The molecule has 0 saturated heterocycles. The van der Waals surface area contributed by atoms with Crippen molar-refractivity contribution in [2.75, 3.05) is 13.6 Å². The van der Waals surface area contributed by atoms with Gasteiger partial charge in [0.1, 0.15) is 23.0 Å². The number of aliphatic hydroxyl groups excluding tert-OH is 1. The van der Waals surface area contributed by atoms with Crippen molar-refractivity contribution in [3.8, 4) is 0 Å². The quantitative estimate of drug-likeness (QED) is 0.880. The van der Waals surface area contributed by atoms with E-state index in [9.17, 15) is 18.0 Å². The summed E-state index contributed by atoms with van der Waals surface area (Å²) in [5.41, 5.74) is -0.824. The highest BCUT2D eigenvalue weighted by atomic mass is 19.1. The Bertz CT molecular complexity index is 412. The van der Waals surface area contributed by atoms with E-state index < -0.39 is 35.0 Å². The van der Waals surface area contributed by atoms with Crippen molar-refractivity contribution in [2.24, 2.45) is 0 Å². The van der Waals surface area contributed by atoms with Crippen LogP contribution in [-0.2, 0) is 0 Å². The number of aliphatic hydroxyl groups is 1. The summed E-state index contributed by atoms with van der Waals surface area (Å²) in [4.78, 5) is 12.6. The van der Waals surface area contributed by atoms with Gasteiger partial charge in [-0.1, -0.05) is 0 Å². The van der Waals surface area contributed by atoms with Crippen LogP contribution in [0.1, 0.15) is 17.3 Å². The largest absolute Gasteiger partial charge is 0.392 e. The summed E-state index contributed by atoms with van der Waals surface area (Å²) in [6.45, 7) is 1.36. The van der Waals surface area contributed by atoms with E-state index in [4.69, 9.17) is 5.11 Å². The number of likely N-dealkylation sites (N-methyl/N-ethyl adjacent to an activating group) is 1. The van der Waals surface area contributed by atoms with Gasteiger partial charge < -0.3 is 10.0 Å². The first-order valence-electron chi connectivity index (χ1n) is 4.91. The minimum Gasteiger partial charge on any atom is -0.392 e. The molecule has 0 saturated carbocycles. The third-order valence-electron chi connectivity index (χ3n) is 2.11. The van der Waals surface area contributed by atoms with Crippen LogP contribution >= 0.6 is 0 Å². The van der Waals surface area contributed by atoms with Gasteiger partial charge in [0, 0.05) is 25.7 Å². The molecule has 0 aliphatic heterocycles. The van der Waals surface area contributed by atoms with Crippen molar-refractivity contribution in [1.82, 2.24) is 4.90 Å². The van der Waals surface area contributed by atoms with Crippen molar-refractivity contribution in [2.45, 2.75) is 13.0 Å². The summed E-state index contributed by atoms with van der Waals surface area (Å²) in [5, 5.41) is 9.06. The summed E-state index contributed by atoms with van der Waals surface area (Å²) < 4.78 is 39.2. The fourth-order valence-electron chi connectivity index (χ4n) is 1.42. The molecule has 1 N–H and O–H groups in total. The Morgan fingerprint density at radius 2 is 1.82 bits per heavy atom. The van der Waals surface area contributed by atoms with Gasteiger partial charge in [0.15, 0.2) is 0 Å². The second kappa shape index (κ2) is 5.18. The molecule has 94 valence electrons. The minimum atomic E-state index is -1.26. The third-order valence-corrected chi connectivity index (χ3v) is 2.11. The normalized spacial score (nSPS) is 12.4. The summed E-state index contributed by atoms with van der Waals surface area (Å²) >= 11 is 0.